The van der Waals surface area contributed by atoms with Crippen LogP contribution in [0.4, 0.5) is 17.5 Å². The first-order valence-electron chi connectivity index (χ1n) is 8.94. The van der Waals surface area contributed by atoms with Gasteiger partial charge < -0.3 is 9.80 Å². The number of nitrogens with zero attached hydrogens (tertiary/aromatic N) is 5. The summed E-state index contributed by atoms with van der Waals surface area (Å²) in [7, 11) is 2.03. The molecule has 0 radical (unpaired) electrons. The Balaban J connectivity index is 1.76. The minimum Gasteiger partial charge on any atom is -0.343 e. The molecule has 0 saturated carbocycles. The molecule has 2 aromatic heterocycles. The molecule has 0 aliphatic rings. The number of rotatable bonds is 7. The number of hydrogen-bond donors (Lipinski definition) is 0. The number of likely N-dealkylation sites (N-methyl/N-ethyl adjacent to an activating group) is 1. The highest BCUT2D eigenvalue weighted by Gasteiger charge is 2.12. The van der Waals surface area contributed by atoms with Crippen LogP contribution in [0, 0.1) is 6.92 Å². The van der Waals surface area contributed by atoms with Crippen LogP contribution >= 0.6 is 0 Å². The summed E-state index contributed by atoms with van der Waals surface area (Å²) in [6.07, 6.45) is 6.42. The van der Waals surface area contributed by atoms with Crippen LogP contribution in [0.25, 0.3) is 0 Å². The highest BCUT2D eigenvalue weighted by atomic mass is 15.3. The molecule has 3 rings (SSSR count). The molecule has 26 heavy (non-hydrogen) atoms. The van der Waals surface area contributed by atoms with Crippen molar-refractivity contribution in [2.75, 3.05) is 29.9 Å². The molecule has 0 saturated heterocycles. The second-order valence-electron chi connectivity index (χ2n) is 6.33. The summed E-state index contributed by atoms with van der Waals surface area (Å²) in [6.45, 7) is 5.94. The topological polar surface area (TPSA) is 45.2 Å². The van der Waals surface area contributed by atoms with Gasteiger partial charge in [0, 0.05) is 44.4 Å². The highest BCUT2D eigenvalue weighted by molar-refractivity contribution is 5.61. The molecule has 0 fully saturated rings. The molecule has 0 aliphatic carbocycles. The van der Waals surface area contributed by atoms with E-state index in [1.54, 1.807) is 0 Å². The minimum absolute atomic E-state index is 0.739. The van der Waals surface area contributed by atoms with Gasteiger partial charge in [-0.15, -0.1) is 0 Å². The van der Waals surface area contributed by atoms with Crippen LogP contribution in [0.2, 0.25) is 0 Å². The Morgan fingerprint density at radius 3 is 2.54 bits per heavy atom. The zero-order valence-electron chi connectivity index (χ0n) is 15.6. The van der Waals surface area contributed by atoms with Crippen molar-refractivity contribution in [2.24, 2.45) is 0 Å². The fourth-order valence-electron chi connectivity index (χ4n) is 2.89. The second kappa shape index (κ2) is 8.43. The Hall–Kier alpha value is -2.95. The smallest absolute Gasteiger partial charge is 0.227 e. The third-order valence-electron chi connectivity index (χ3n) is 4.36. The molecule has 2 heterocycles. The van der Waals surface area contributed by atoms with Gasteiger partial charge >= 0.3 is 0 Å². The van der Waals surface area contributed by atoms with Gasteiger partial charge in [0.05, 0.1) is 0 Å². The van der Waals surface area contributed by atoms with E-state index in [1.165, 1.54) is 11.1 Å². The molecule has 0 amide bonds. The lowest BCUT2D eigenvalue weighted by atomic mass is 10.2. The maximum atomic E-state index is 4.79. The standard InChI is InChI=1S/C21H25N5/c1-4-26(19-7-5-6-17(2)16-19)20-10-14-23-21(24-20)25(3)15-11-18-8-12-22-13-9-18/h5-10,12-14,16H,4,11,15H2,1-3H3. The Morgan fingerprint density at radius 2 is 1.81 bits per heavy atom. The van der Waals surface area contributed by atoms with Crippen molar-refractivity contribution in [1.82, 2.24) is 15.0 Å². The van der Waals surface area contributed by atoms with E-state index in [9.17, 15) is 0 Å². The van der Waals surface area contributed by atoms with Gasteiger partial charge in [0.1, 0.15) is 5.82 Å². The first-order valence-corrected chi connectivity index (χ1v) is 8.94. The fourth-order valence-corrected chi connectivity index (χ4v) is 2.89. The van der Waals surface area contributed by atoms with Crippen LogP contribution in [0.5, 0.6) is 0 Å². The van der Waals surface area contributed by atoms with Gasteiger partial charge in [0.25, 0.3) is 0 Å². The number of hydrogen-bond acceptors (Lipinski definition) is 5. The molecule has 0 N–H and O–H groups in total. The van der Waals surface area contributed by atoms with E-state index in [2.05, 4.69) is 57.9 Å². The van der Waals surface area contributed by atoms with Crippen molar-refractivity contribution >= 4 is 17.5 Å². The quantitative estimate of drug-likeness (QED) is 0.646. The van der Waals surface area contributed by atoms with Crippen LogP contribution in [0.15, 0.2) is 61.1 Å². The van der Waals surface area contributed by atoms with E-state index in [-0.39, 0.29) is 0 Å². The molecule has 1 aromatic carbocycles. The van der Waals surface area contributed by atoms with E-state index >= 15 is 0 Å². The van der Waals surface area contributed by atoms with Gasteiger partial charge in [-0.3, -0.25) is 4.98 Å². The first kappa shape index (κ1) is 17.9. The Bertz CT molecular complexity index is 835. The van der Waals surface area contributed by atoms with Gasteiger partial charge in [-0.25, -0.2) is 4.98 Å². The lowest BCUT2D eigenvalue weighted by Crippen LogP contribution is -2.24. The van der Waals surface area contributed by atoms with E-state index in [0.717, 1.165) is 37.0 Å². The summed E-state index contributed by atoms with van der Waals surface area (Å²) in [4.78, 5) is 17.6. The van der Waals surface area contributed by atoms with E-state index in [4.69, 9.17) is 4.98 Å². The average molecular weight is 347 g/mol. The average Bonchev–Trinajstić information content (AvgIpc) is 2.68. The van der Waals surface area contributed by atoms with Gasteiger partial charge in [-0.2, -0.15) is 4.98 Å². The van der Waals surface area contributed by atoms with E-state index in [0.29, 0.717) is 0 Å². The normalized spacial score (nSPS) is 10.6. The summed E-state index contributed by atoms with van der Waals surface area (Å²) in [5.41, 5.74) is 3.65. The van der Waals surface area contributed by atoms with Crippen molar-refractivity contribution in [3.05, 3.63) is 72.2 Å². The first-order chi connectivity index (χ1) is 12.7. The van der Waals surface area contributed by atoms with E-state index < -0.39 is 0 Å². The molecule has 0 bridgehead atoms. The van der Waals surface area contributed by atoms with Gasteiger partial charge in [-0.1, -0.05) is 12.1 Å². The van der Waals surface area contributed by atoms with Crippen molar-refractivity contribution in [1.29, 1.82) is 0 Å². The summed E-state index contributed by atoms with van der Waals surface area (Å²) in [5, 5.41) is 0. The lowest BCUT2D eigenvalue weighted by molar-refractivity contribution is 0.832. The number of aryl methyl sites for hydroxylation is 1. The minimum atomic E-state index is 0.739. The molecule has 0 spiro atoms. The maximum absolute atomic E-state index is 4.79. The molecule has 0 atom stereocenters. The molecule has 0 aliphatic heterocycles. The molecule has 3 aromatic rings. The fraction of sp³-hybridized carbons (Fsp3) is 0.286. The Kier molecular flexibility index (Phi) is 5.79. The zero-order chi connectivity index (χ0) is 18.4. The Morgan fingerprint density at radius 1 is 1.00 bits per heavy atom. The third-order valence-corrected chi connectivity index (χ3v) is 4.36. The summed E-state index contributed by atoms with van der Waals surface area (Å²) >= 11 is 0. The number of pyridine rings is 1. The maximum Gasteiger partial charge on any atom is 0.227 e. The van der Waals surface area contributed by atoms with Crippen LogP contribution < -0.4 is 9.80 Å². The van der Waals surface area contributed by atoms with Crippen LogP contribution in [-0.4, -0.2) is 35.1 Å². The zero-order valence-corrected chi connectivity index (χ0v) is 15.6. The SMILES string of the molecule is CCN(c1cccc(C)c1)c1ccnc(N(C)CCc2ccncc2)n1. The van der Waals surface area contributed by atoms with Gasteiger partial charge in [0.15, 0.2) is 0 Å². The third kappa shape index (κ3) is 4.36. The molecular formula is C21H25N5. The Labute approximate surface area is 155 Å². The largest absolute Gasteiger partial charge is 0.343 e. The lowest BCUT2D eigenvalue weighted by Gasteiger charge is -2.24. The number of anilines is 3. The van der Waals surface area contributed by atoms with Crippen LogP contribution in [-0.2, 0) is 6.42 Å². The molecule has 5 heteroatoms. The highest BCUT2D eigenvalue weighted by Crippen LogP contribution is 2.25. The van der Waals surface area contributed by atoms with Gasteiger partial charge in [-0.05, 0) is 61.7 Å². The van der Waals surface area contributed by atoms with E-state index in [1.807, 2.05) is 43.8 Å². The second-order valence-corrected chi connectivity index (χ2v) is 6.33. The summed E-state index contributed by atoms with van der Waals surface area (Å²) in [5.74, 6) is 1.65. The molecular weight excluding hydrogens is 322 g/mol. The monoisotopic (exact) mass is 347 g/mol. The summed E-state index contributed by atoms with van der Waals surface area (Å²) < 4.78 is 0. The van der Waals surface area contributed by atoms with Crippen molar-refractivity contribution in [3.63, 3.8) is 0 Å². The summed E-state index contributed by atoms with van der Waals surface area (Å²) in [6, 6.07) is 14.5. The predicted molar refractivity (Wildman–Crippen MR) is 107 cm³/mol. The predicted octanol–water partition coefficient (Wildman–Crippen LogP) is 4.02. The molecule has 134 valence electrons. The van der Waals surface area contributed by atoms with Gasteiger partial charge in [0.2, 0.25) is 5.95 Å². The van der Waals surface area contributed by atoms with Crippen molar-refractivity contribution in [2.45, 2.75) is 20.3 Å². The van der Waals surface area contributed by atoms with Crippen molar-refractivity contribution in [3.8, 4) is 0 Å². The van der Waals surface area contributed by atoms with Crippen LogP contribution in [0.1, 0.15) is 18.1 Å². The van der Waals surface area contributed by atoms with Crippen LogP contribution in [0.3, 0.4) is 0 Å². The number of benzene rings is 1. The molecule has 5 nitrogen and oxygen atoms in total. The molecule has 0 unspecified atom stereocenters. The number of aromatic nitrogens is 3. The van der Waals surface area contributed by atoms with Crippen molar-refractivity contribution < 1.29 is 0 Å².